The van der Waals surface area contributed by atoms with Crippen LogP contribution in [0.1, 0.15) is 31.2 Å². The van der Waals surface area contributed by atoms with Gasteiger partial charge in [-0.1, -0.05) is 13.8 Å². The standard InChI is InChI=1S/C11H20N2O2S2/c1-7(2)9(4)13-17(14,15)11-8(3)6-16-10(11)5-12/h6-7,9,13H,5,12H2,1-4H3. The van der Waals surface area contributed by atoms with E-state index in [0.717, 1.165) is 5.56 Å². The van der Waals surface area contributed by atoms with E-state index in [9.17, 15) is 8.42 Å². The van der Waals surface area contributed by atoms with Gasteiger partial charge in [0, 0.05) is 17.5 Å². The Balaban J connectivity index is 3.09. The Morgan fingerprint density at radius 1 is 1.41 bits per heavy atom. The molecule has 17 heavy (non-hydrogen) atoms. The van der Waals surface area contributed by atoms with Gasteiger partial charge in [-0.3, -0.25) is 0 Å². The van der Waals surface area contributed by atoms with Crippen molar-refractivity contribution in [3.63, 3.8) is 0 Å². The average molecular weight is 276 g/mol. The molecule has 1 atom stereocenters. The fraction of sp³-hybridized carbons (Fsp3) is 0.636. The Hall–Kier alpha value is -0.430. The van der Waals surface area contributed by atoms with Gasteiger partial charge in [-0.05, 0) is 30.7 Å². The smallest absolute Gasteiger partial charge is 0.242 e. The summed E-state index contributed by atoms with van der Waals surface area (Å²) in [5.41, 5.74) is 6.33. The minimum atomic E-state index is -3.45. The third-order valence-electron chi connectivity index (χ3n) is 2.78. The summed E-state index contributed by atoms with van der Waals surface area (Å²) in [6.07, 6.45) is 0. The lowest BCUT2D eigenvalue weighted by atomic mass is 10.1. The van der Waals surface area contributed by atoms with Crippen LogP contribution in [0.25, 0.3) is 0 Å². The Morgan fingerprint density at radius 3 is 2.47 bits per heavy atom. The van der Waals surface area contributed by atoms with Crippen LogP contribution in [-0.2, 0) is 16.6 Å². The second kappa shape index (κ2) is 5.48. The lowest BCUT2D eigenvalue weighted by molar-refractivity contribution is 0.476. The SMILES string of the molecule is Cc1csc(CN)c1S(=O)(=O)NC(C)C(C)C. The predicted molar refractivity (Wildman–Crippen MR) is 71.6 cm³/mol. The van der Waals surface area contributed by atoms with Crippen molar-refractivity contribution >= 4 is 21.4 Å². The van der Waals surface area contributed by atoms with Crippen molar-refractivity contribution in [1.29, 1.82) is 0 Å². The minimum Gasteiger partial charge on any atom is -0.326 e. The van der Waals surface area contributed by atoms with Crippen molar-refractivity contribution in [2.45, 2.75) is 45.2 Å². The molecule has 1 aromatic heterocycles. The predicted octanol–water partition coefficient (Wildman–Crippen LogP) is 1.84. The zero-order valence-corrected chi connectivity index (χ0v) is 12.3. The first-order valence-corrected chi connectivity index (χ1v) is 7.95. The van der Waals surface area contributed by atoms with Crippen LogP contribution in [0.15, 0.2) is 10.3 Å². The highest BCUT2D eigenvalue weighted by Crippen LogP contribution is 2.26. The van der Waals surface area contributed by atoms with Crippen molar-refractivity contribution in [1.82, 2.24) is 4.72 Å². The molecule has 3 N–H and O–H groups in total. The Bertz CT molecular complexity index is 478. The van der Waals surface area contributed by atoms with E-state index < -0.39 is 10.0 Å². The maximum absolute atomic E-state index is 12.2. The fourth-order valence-corrected chi connectivity index (χ4v) is 4.52. The quantitative estimate of drug-likeness (QED) is 0.862. The fourth-order valence-electron chi connectivity index (χ4n) is 1.43. The summed E-state index contributed by atoms with van der Waals surface area (Å²) >= 11 is 1.39. The molecule has 0 spiro atoms. The minimum absolute atomic E-state index is 0.0927. The molecular formula is C11H20N2O2S2. The molecule has 0 saturated heterocycles. The number of hydrogen-bond acceptors (Lipinski definition) is 4. The van der Waals surface area contributed by atoms with Gasteiger partial charge in [0.25, 0.3) is 0 Å². The van der Waals surface area contributed by atoms with E-state index in [1.54, 1.807) is 6.92 Å². The molecule has 0 aliphatic heterocycles. The zero-order valence-electron chi connectivity index (χ0n) is 10.6. The molecule has 0 radical (unpaired) electrons. The van der Waals surface area contributed by atoms with Crippen LogP contribution in [0.5, 0.6) is 0 Å². The second-order valence-corrected chi connectivity index (χ2v) is 7.14. The first-order valence-electron chi connectivity index (χ1n) is 5.59. The average Bonchev–Trinajstić information content (AvgIpc) is 2.59. The molecular weight excluding hydrogens is 256 g/mol. The summed E-state index contributed by atoms with van der Waals surface area (Å²) in [6.45, 7) is 7.89. The molecule has 0 aliphatic carbocycles. The van der Waals surface area contributed by atoms with Gasteiger partial charge in [-0.2, -0.15) is 0 Å². The molecule has 0 aliphatic rings. The number of aryl methyl sites for hydroxylation is 1. The summed E-state index contributed by atoms with van der Waals surface area (Å²) < 4.78 is 27.2. The topological polar surface area (TPSA) is 72.2 Å². The monoisotopic (exact) mass is 276 g/mol. The first kappa shape index (κ1) is 14.6. The number of hydrogen-bond donors (Lipinski definition) is 2. The summed E-state index contributed by atoms with van der Waals surface area (Å²) in [6, 6.07) is -0.0927. The third kappa shape index (κ3) is 3.28. The van der Waals surface area contributed by atoms with Crippen molar-refractivity contribution in [2.75, 3.05) is 0 Å². The van der Waals surface area contributed by atoms with Crippen molar-refractivity contribution < 1.29 is 8.42 Å². The van der Waals surface area contributed by atoms with E-state index in [1.807, 2.05) is 26.2 Å². The highest BCUT2D eigenvalue weighted by atomic mass is 32.2. The van der Waals surface area contributed by atoms with Gasteiger partial charge in [0.1, 0.15) is 4.90 Å². The van der Waals surface area contributed by atoms with Gasteiger partial charge in [-0.15, -0.1) is 11.3 Å². The highest BCUT2D eigenvalue weighted by molar-refractivity contribution is 7.89. The maximum atomic E-state index is 12.2. The van der Waals surface area contributed by atoms with Crippen LogP contribution >= 0.6 is 11.3 Å². The van der Waals surface area contributed by atoms with Crippen molar-refractivity contribution in [3.8, 4) is 0 Å². The molecule has 0 aromatic carbocycles. The van der Waals surface area contributed by atoms with E-state index in [-0.39, 0.29) is 18.5 Å². The molecule has 0 saturated carbocycles. The van der Waals surface area contributed by atoms with Crippen LogP contribution in [0.3, 0.4) is 0 Å². The number of thiophene rings is 1. The lowest BCUT2D eigenvalue weighted by Crippen LogP contribution is -2.36. The summed E-state index contributed by atoms with van der Waals surface area (Å²) in [4.78, 5) is 1.07. The molecule has 0 amide bonds. The van der Waals surface area contributed by atoms with Gasteiger partial charge in [0.05, 0.1) is 0 Å². The van der Waals surface area contributed by atoms with E-state index >= 15 is 0 Å². The van der Waals surface area contributed by atoms with Crippen LogP contribution in [0, 0.1) is 12.8 Å². The van der Waals surface area contributed by atoms with Crippen LogP contribution < -0.4 is 10.5 Å². The number of rotatable bonds is 5. The van der Waals surface area contributed by atoms with Gasteiger partial charge in [0.2, 0.25) is 10.0 Å². The van der Waals surface area contributed by atoms with E-state index in [0.29, 0.717) is 9.77 Å². The van der Waals surface area contributed by atoms with Crippen molar-refractivity contribution in [3.05, 3.63) is 15.8 Å². The molecule has 98 valence electrons. The molecule has 1 unspecified atom stereocenters. The molecule has 1 rings (SSSR count). The second-order valence-electron chi connectivity index (χ2n) is 4.53. The summed E-state index contributed by atoms with van der Waals surface area (Å²) in [7, 11) is -3.45. The van der Waals surface area contributed by atoms with Gasteiger partial charge < -0.3 is 5.73 Å². The Labute approximate surface area is 107 Å². The van der Waals surface area contributed by atoms with Crippen LogP contribution in [-0.4, -0.2) is 14.5 Å². The maximum Gasteiger partial charge on any atom is 0.242 e. The van der Waals surface area contributed by atoms with Gasteiger partial charge >= 0.3 is 0 Å². The molecule has 4 nitrogen and oxygen atoms in total. The van der Waals surface area contributed by atoms with E-state index in [2.05, 4.69) is 4.72 Å². The number of nitrogens with two attached hydrogens (primary N) is 1. The van der Waals surface area contributed by atoms with Crippen LogP contribution in [0.2, 0.25) is 0 Å². The summed E-state index contributed by atoms with van der Waals surface area (Å²) in [5, 5.41) is 1.83. The van der Waals surface area contributed by atoms with Gasteiger partial charge in [0.15, 0.2) is 0 Å². The molecule has 0 fully saturated rings. The Morgan fingerprint density at radius 2 is 2.00 bits per heavy atom. The molecule has 1 heterocycles. The normalized spacial score (nSPS) is 14.2. The van der Waals surface area contributed by atoms with Crippen LogP contribution in [0.4, 0.5) is 0 Å². The lowest BCUT2D eigenvalue weighted by Gasteiger charge is -2.18. The van der Waals surface area contributed by atoms with Gasteiger partial charge in [-0.25, -0.2) is 13.1 Å². The Kier molecular flexibility index (Phi) is 4.71. The van der Waals surface area contributed by atoms with E-state index in [1.165, 1.54) is 11.3 Å². The van der Waals surface area contributed by atoms with E-state index in [4.69, 9.17) is 5.73 Å². The molecule has 1 aromatic rings. The number of sulfonamides is 1. The highest BCUT2D eigenvalue weighted by Gasteiger charge is 2.24. The molecule has 0 bridgehead atoms. The van der Waals surface area contributed by atoms with Crippen molar-refractivity contribution in [2.24, 2.45) is 11.7 Å². The summed E-state index contributed by atoms with van der Waals surface area (Å²) in [5.74, 6) is 0.255. The first-order chi connectivity index (χ1) is 7.79. The number of nitrogens with one attached hydrogen (secondary N) is 1. The third-order valence-corrected chi connectivity index (χ3v) is 5.83. The zero-order chi connectivity index (χ0) is 13.2. The largest absolute Gasteiger partial charge is 0.326 e. The molecule has 6 heteroatoms.